The van der Waals surface area contributed by atoms with Crippen molar-refractivity contribution < 1.29 is 9.13 Å². The number of hydrazine groups is 1. The van der Waals surface area contributed by atoms with Gasteiger partial charge in [-0.25, -0.2) is 4.39 Å². The molecule has 0 saturated carbocycles. The Morgan fingerprint density at radius 3 is 2.86 bits per heavy atom. The molecule has 0 aromatic heterocycles. The van der Waals surface area contributed by atoms with Gasteiger partial charge in [0.1, 0.15) is 16.2 Å². The summed E-state index contributed by atoms with van der Waals surface area (Å²) in [5.41, 5.74) is 8.75. The Morgan fingerprint density at radius 2 is 2.23 bits per heavy atom. The molecule has 1 aliphatic rings. The second-order valence-electron chi connectivity index (χ2n) is 4.50. The molecule has 0 radical (unpaired) electrons. The van der Waals surface area contributed by atoms with E-state index in [1.165, 1.54) is 13.2 Å². The maximum atomic E-state index is 13.9. The molecule has 0 aliphatic carbocycles. The van der Waals surface area contributed by atoms with Gasteiger partial charge in [0, 0.05) is 24.5 Å². The third-order valence-corrected chi connectivity index (χ3v) is 3.82. The first-order valence-corrected chi connectivity index (χ1v) is 7.69. The van der Waals surface area contributed by atoms with E-state index < -0.39 is 0 Å². The topological polar surface area (TPSA) is 53.8 Å². The molecule has 118 valence electrons. The quantitative estimate of drug-likeness (QED) is 0.598. The summed E-state index contributed by atoms with van der Waals surface area (Å²) in [6, 6.07) is 4.82. The molecule has 0 fully saturated rings. The lowest BCUT2D eigenvalue weighted by Crippen LogP contribution is -2.40. The molecular weight excluding hydrogens is 371 g/mol. The highest BCUT2D eigenvalue weighted by atomic mass is 79.9. The number of halogens is 2. The third-order valence-electron chi connectivity index (χ3n) is 3.06. The number of methoxy groups -OCH3 is 1. The fourth-order valence-corrected chi connectivity index (χ4v) is 2.66. The van der Waals surface area contributed by atoms with Crippen LogP contribution in [-0.2, 0) is 6.42 Å². The predicted molar refractivity (Wildman–Crippen MR) is 91.3 cm³/mol. The Morgan fingerprint density at radius 1 is 1.45 bits per heavy atom. The molecule has 3 N–H and O–H groups in total. The average Bonchev–Trinajstić information content (AvgIpc) is 2.46. The van der Waals surface area contributed by atoms with E-state index in [4.69, 9.17) is 22.7 Å². The Labute approximate surface area is 142 Å². The SMILES string of the molecule is COc1cccc(F)c1CCN1C=CN(NC(N)=S)C=C1Br. The van der Waals surface area contributed by atoms with Crippen LogP contribution in [0.2, 0.25) is 0 Å². The minimum absolute atomic E-state index is 0.172. The van der Waals surface area contributed by atoms with E-state index in [-0.39, 0.29) is 10.9 Å². The van der Waals surface area contributed by atoms with Crippen LogP contribution >= 0.6 is 28.1 Å². The number of ether oxygens (including phenoxy) is 1. The first-order chi connectivity index (χ1) is 10.5. The lowest BCUT2D eigenvalue weighted by Gasteiger charge is -2.28. The van der Waals surface area contributed by atoms with Crippen LogP contribution in [0.1, 0.15) is 5.56 Å². The van der Waals surface area contributed by atoms with Gasteiger partial charge in [-0.1, -0.05) is 6.07 Å². The molecular formula is C14H16BrFN4OS. The minimum Gasteiger partial charge on any atom is -0.496 e. The summed E-state index contributed by atoms with van der Waals surface area (Å²) in [5, 5.41) is 1.80. The van der Waals surface area contributed by atoms with Gasteiger partial charge in [0.05, 0.1) is 13.3 Å². The molecule has 5 nitrogen and oxygen atoms in total. The summed E-state index contributed by atoms with van der Waals surface area (Å²) in [5.74, 6) is 0.287. The molecule has 2 rings (SSSR count). The maximum Gasteiger partial charge on any atom is 0.183 e. The van der Waals surface area contributed by atoms with Crippen molar-refractivity contribution in [2.24, 2.45) is 5.73 Å². The summed E-state index contributed by atoms with van der Waals surface area (Å²) in [4.78, 5) is 1.93. The summed E-state index contributed by atoms with van der Waals surface area (Å²) >= 11 is 8.24. The molecule has 1 aliphatic heterocycles. The molecule has 22 heavy (non-hydrogen) atoms. The van der Waals surface area contributed by atoms with Crippen LogP contribution in [0.4, 0.5) is 4.39 Å². The maximum absolute atomic E-state index is 13.9. The molecule has 0 amide bonds. The number of rotatable bonds is 5. The minimum atomic E-state index is -0.266. The van der Waals surface area contributed by atoms with Gasteiger partial charge < -0.3 is 15.4 Å². The second kappa shape index (κ2) is 7.46. The van der Waals surface area contributed by atoms with Crippen molar-refractivity contribution in [2.45, 2.75) is 6.42 Å². The monoisotopic (exact) mass is 386 g/mol. The number of nitrogens with zero attached hydrogens (tertiary/aromatic N) is 2. The highest BCUT2D eigenvalue weighted by molar-refractivity contribution is 9.11. The van der Waals surface area contributed by atoms with Crippen molar-refractivity contribution in [3.8, 4) is 5.75 Å². The first kappa shape index (κ1) is 16.6. The van der Waals surface area contributed by atoms with Gasteiger partial charge in [0.15, 0.2) is 5.11 Å². The van der Waals surface area contributed by atoms with Crippen LogP contribution < -0.4 is 15.9 Å². The third kappa shape index (κ3) is 4.11. The summed E-state index contributed by atoms with van der Waals surface area (Å²) in [7, 11) is 1.54. The largest absolute Gasteiger partial charge is 0.496 e. The van der Waals surface area contributed by atoms with Gasteiger partial charge in [0.2, 0.25) is 0 Å². The Balaban J connectivity index is 2.02. The van der Waals surface area contributed by atoms with Crippen LogP contribution in [0.15, 0.2) is 41.4 Å². The van der Waals surface area contributed by atoms with Crippen LogP contribution in [0, 0.1) is 5.82 Å². The van der Waals surface area contributed by atoms with Crippen LogP contribution in [0.5, 0.6) is 5.75 Å². The molecule has 8 heteroatoms. The zero-order valence-corrected chi connectivity index (χ0v) is 14.3. The lowest BCUT2D eigenvalue weighted by molar-refractivity contribution is 0.381. The van der Waals surface area contributed by atoms with Gasteiger partial charge in [-0.3, -0.25) is 10.4 Å². The van der Waals surface area contributed by atoms with E-state index in [1.807, 2.05) is 11.1 Å². The normalized spacial score (nSPS) is 13.9. The Hall–Kier alpha value is -1.80. The number of benzene rings is 1. The second-order valence-corrected chi connectivity index (χ2v) is 5.75. The van der Waals surface area contributed by atoms with Gasteiger partial charge in [0.25, 0.3) is 0 Å². The number of hydrogen-bond donors (Lipinski definition) is 2. The molecule has 0 bridgehead atoms. The predicted octanol–water partition coefficient (Wildman–Crippen LogP) is 2.41. The van der Waals surface area contributed by atoms with E-state index in [9.17, 15) is 4.39 Å². The van der Waals surface area contributed by atoms with E-state index in [0.717, 1.165) is 4.61 Å². The van der Waals surface area contributed by atoms with E-state index in [2.05, 4.69) is 21.4 Å². The Kier molecular flexibility index (Phi) is 5.62. The van der Waals surface area contributed by atoms with Crippen LogP contribution in [-0.4, -0.2) is 28.7 Å². The number of nitrogens with two attached hydrogens (primary N) is 1. The van der Waals surface area contributed by atoms with Crippen molar-refractivity contribution in [2.75, 3.05) is 13.7 Å². The fourth-order valence-electron chi connectivity index (χ4n) is 2.04. The first-order valence-electron chi connectivity index (χ1n) is 6.49. The molecule has 1 aromatic rings. The number of thiocarbonyl (C=S) groups is 1. The van der Waals surface area contributed by atoms with Crippen LogP contribution in [0.3, 0.4) is 0 Å². The molecule has 1 aromatic carbocycles. The highest BCUT2D eigenvalue weighted by Crippen LogP contribution is 2.24. The number of nitrogens with one attached hydrogen (secondary N) is 1. The highest BCUT2D eigenvalue weighted by Gasteiger charge is 2.14. The summed E-state index contributed by atoms with van der Waals surface area (Å²) in [6.45, 7) is 0.589. The molecule has 0 unspecified atom stereocenters. The van der Waals surface area contributed by atoms with E-state index in [1.54, 1.807) is 29.5 Å². The van der Waals surface area contributed by atoms with Crippen molar-refractivity contribution in [1.82, 2.24) is 15.3 Å². The number of hydrogen-bond acceptors (Lipinski definition) is 4. The molecule has 0 saturated heterocycles. The lowest BCUT2D eigenvalue weighted by atomic mass is 10.1. The van der Waals surface area contributed by atoms with Gasteiger partial charge in [-0.15, -0.1) is 0 Å². The molecule has 1 heterocycles. The van der Waals surface area contributed by atoms with Crippen molar-refractivity contribution in [1.29, 1.82) is 0 Å². The standard InChI is InChI=1S/C14H16BrFN4OS/c1-21-12-4-2-3-11(16)10(12)5-6-19-7-8-20(9-13(19)15)18-14(17)22/h2-4,7-9H,5-6H2,1H3,(H3,17,18,22). The van der Waals surface area contributed by atoms with Crippen molar-refractivity contribution >= 4 is 33.3 Å². The average molecular weight is 387 g/mol. The van der Waals surface area contributed by atoms with Gasteiger partial charge >= 0.3 is 0 Å². The van der Waals surface area contributed by atoms with E-state index in [0.29, 0.717) is 24.3 Å². The fraction of sp³-hybridized carbons (Fsp3) is 0.214. The molecule has 0 atom stereocenters. The van der Waals surface area contributed by atoms with Crippen molar-refractivity contribution in [3.63, 3.8) is 0 Å². The van der Waals surface area contributed by atoms with Gasteiger partial charge in [-0.2, -0.15) is 0 Å². The molecule has 0 spiro atoms. The zero-order chi connectivity index (χ0) is 16.1. The Bertz CT molecular complexity index is 623. The summed E-state index contributed by atoms with van der Waals surface area (Å²) < 4.78 is 19.9. The smallest absolute Gasteiger partial charge is 0.183 e. The van der Waals surface area contributed by atoms with Crippen molar-refractivity contribution in [3.05, 3.63) is 52.8 Å². The summed E-state index contributed by atoms with van der Waals surface area (Å²) in [6.07, 6.45) is 5.88. The van der Waals surface area contributed by atoms with E-state index >= 15 is 0 Å². The van der Waals surface area contributed by atoms with Gasteiger partial charge in [-0.05, 0) is 46.7 Å². The van der Waals surface area contributed by atoms with Crippen LogP contribution in [0.25, 0.3) is 0 Å². The zero-order valence-electron chi connectivity index (χ0n) is 11.9.